The number of benzene rings is 1. The fraction of sp³-hybridized carbons (Fsp3) is 0.500. The van der Waals surface area contributed by atoms with Crippen LogP contribution in [0.1, 0.15) is 38.7 Å². The molecular formula is C16H22N2O3. The van der Waals surface area contributed by atoms with E-state index in [2.05, 4.69) is 12.2 Å². The van der Waals surface area contributed by atoms with Crippen molar-refractivity contribution in [2.45, 2.75) is 38.7 Å². The second-order valence-corrected chi connectivity index (χ2v) is 5.02. The standard InChI is InChI=1S/C16H22N2O3/c1-5-6-9-16(2,21-4)15(19)18-13-7-8-14(20-3)12(10-13)11-17/h7-8,10H,5-6,9H2,1-4H3,(H,18,19). The van der Waals surface area contributed by atoms with E-state index in [1.165, 1.54) is 14.2 Å². The third-order valence-corrected chi connectivity index (χ3v) is 3.52. The van der Waals surface area contributed by atoms with Crippen molar-refractivity contribution in [2.24, 2.45) is 0 Å². The summed E-state index contributed by atoms with van der Waals surface area (Å²) in [6, 6.07) is 6.99. The van der Waals surface area contributed by atoms with E-state index in [4.69, 9.17) is 14.7 Å². The predicted octanol–water partition coefficient (Wildman–Crippen LogP) is 3.10. The Hall–Kier alpha value is -2.06. The number of anilines is 1. The van der Waals surface area contributed by atoms with Crippen LogP contribution in [0.25, 0.3) is 0 Å². The SMILES string of the molecule is CCCCC(C)(OC)C(=O)Nc1ccc(OC)c(C#N)c1. The van der Waals surface area contributed by atoms with E-state index in [0.717, 1.165) is 12.8 Å². The highest BCUT2D eigenvalue weighted by molar-refractivity contribution is 5.97. The highest BCUT2D eigenvalue weighted by atomic mass is 16.5. The lowest BCUT2D eigenvalue weighted by Crippen LogP contribution is -2.41. The van der Waals surface area contributed by atoms with Gasteiger partial charge in [-0.1, -0.05) is 19.8 Å². The number of nitriles is 1. The van der Waals surface area contributed by atoms with Crippen molar-refractivity contribution < 1.29 is 14.3 Å². The van der Waals surface area contributed by atoms with Crippen molar-refractivity contribution in [1.82, 2.24) is 0 Å². The summed E-state index contributed by atoms with van der Waals surface area (Å²) >= 11 is 0. The molecule has 0 aliphatic rings. The van der Waals surface area contributed by atoms with Gasteiger partial charge in [0.2, 0.25) is 0 Å². The summed E-state index contributed by atoms with van der Waals surface area (Å²) in [6.45, 7) is 3.84. The van der Waals surface area contributed by atoms with Crippen LogP contribution in [0.5, 0.6) is 5.75 Å². The number of amides is 1. The maximum atomic E-state index is 12.4. The highest BCUT2D eigenvalue weighted by Gasteiger charge is 2.32. The van der Waals surface area contributed by atoms with E-state index in [1.54, 1.807) is 25.1 Å². The number of ether oxygens (including phenoxy) is 2. The van der Waals surface area contributed by atoms with Crippen molar-refractivity contribution in [3.05, 3.63) is 23.8 Å². The van der Waals surface area contributed by atoms with Crippen LogP contribution in [0.3, 0.4) is 0 Å². The molecule has 0 aliphatic heterocycles. The number of hydrogen-bond acceptors (Lipinski definition) is 4. The van der Waals surface area contributed by atoms with Crippen LogP contribution in [-0.2, 0) is 9.53 Å². The Bertz CT molecular complexity index is 537. The molecule has 1 atom stereocenters. The third kappa shape index (κ3) is 4.20. The van der Waals surface area contributed by atoms with Crippen LogP contribution in [0.2, 0.25) is 0 Å². The molecule has 1 unspecified atom stereocenters. The van der Waals surface area contributed by atoms with Crippen LogP contribution < -0.4 is 10.1 Å². The molecule has 0 saturated carbocycles. The zero-order valence-electron chi connectivity index (χ0n) is 13.0. The van der Waals surface area contributed by atoms with Crippen molar-refractivity contribution in [2.75, 3.05) is 19.5 Å². The second kappa shape index (κ2) is 7.65. The molecule has 0 spiro atoms. The first-order chi connectivity index (χ1) is 10.0. The van der Waals surface area contributed by atoms with Gasteiger partial charge in [0, 0.05) is 12.8 Å². The average Bonchev–Trinajstić information content (AvgIpc) is 2.52. The Labute approximate surface area is 125 Å². The van der Waals surface area contributed by atoms with Gasteiger partial charge in [-0.25, -0.2) is 0 Å². The third-order valence-electron chi connectivity index (χ3n) is 3.52. The van der Waals surface area contributed by atoms with E-state index >= 15 is 0 Å². The number of carbonyl (C=O) groups excluding carboxylic acids is 1. The Kier molecular flexibility index (Phi) is 6.19. The zero-order chi connectivity index (χ0) is 15.9. The molecule has 1 aromatic rings. The minimum absolute atomic E-state index is 0.215. The summed E-state index contributed by atoms with van der Waals surface area (Å²) in [4.78, 5) is 12.4. The lowest BCUT2D eigenvalue weighted by molar-refractivity contribution is -0.136. The maximum Gasteiger partial charge on any atom is 0.256 e. The summed E-state index contributed by atoms with van der Waals surface area (Å²) in [5, 5.41) is 11.9. The molecule has 5 heteroatoms. The van der Waals surface area contributed by atoms with Gasteiger partial charge < -0.3 is 14.8 Å². The zero-order valence-corrected chi connectivity index (χ0v) is 13.0. The van der Waals surface area contributed by atoms with Gasteiger partial charge in [0.25, 0.3) is 5.91 Å². The average molecular weight is 290 g/mol. The smallest absolute Gasteiger partial charge is 0.256 e. The van der Waals surface area contributed by atoms with Crippen molar-refractivity contribution in [1.29, 1.82) is 5.26 Å². The summed E-state index contributed by atoms with van der Waals surface area (Å²) in [7, 11) is 3.03. The number of rotatable bonds is 7. The Morgan fingerprint density at radius 1 is 1.43 bits per heavy atom. The minimum atomic E-state index is -0.872. The molecule has 1 N–H and O–H groups in total. The number of unbranched alkanes of at least 4 members (excludes halogenated alkanes) is 1. The van der Waals surface area contributed by atoms with Gasteiger partial charge in [0.05, 0.1) is 12.7 Å². The summed E-state index contributed by atoms with van der Waals surface area (Å²) < 4.78 is 10.5. The van der Waals surface area contributed by atoms with E-state index in [1.807, 2.05) is 6.07 Å². The first-order valence-electron chi connectivity index (χ1n) is 6.95. The van der Waals surface area contributed by atoms with Gasteiger partial charge in [0.1, 0.15) is 17.4 Å². The molecule has 0 bridgehead atoms. The largest absolute Gasteiger partial charge is 0.495 e. The molecule has 1 aromatic carbocycles. The van der Waals surface area contributed by atoms with Crippen molar-refractivity contribution in [3.63, 3.8) is 0 Å². The Morgan fingerprint density at radius 3 is 2.67 bits per heavy atom. The first kappa shape index (κ1) is 17.0. The molecular weight excluding hydrogens is 268 g/mol. The van der Waals surface area contributed by atoms with Gasteiger partial charge >= 0.3 is 0 Å². The van der Waals surface area contributed by atoms with Gasteiger partial charge in [-0.2, -0.15) is 5.26 Å². The first-order valence-corrected chi connectivity index (χ1v) is 6.95. The van der Waals surface area contributed by atoms with E-state index < -0.39 is 5.60 Å². The Morgan fingerprint density at radius 2 is 2.14 bits per heavy atom. The van der Waals surface area contributed by atoms with Gasteiger partial charge in [-0.05, 0) is 31.5 Å². The van der Waals surface area contributed by atoms with Crippen LogP contribution in [-0.4, -0.2) is 25.7 Å². The second-order valence-electron chi connectivity index (χ2n) is 5.02. The van der Waals surface area contributed by atoms with Crippen LogP contribution in [0.4, 0.5) is 5.69 Å². The lowest BCUT2D eigenvalue weighted by atomic mass is 9.97. The summed E-state index contributed by atoms with van der Waals surface area (Å²) in [6.07, 6.45) is 2.55. The van der Waals surface area contributed by atoms with Crippen LogP contribution in [0.15, 0.2) is 18.2 Å². The fourth-order valence-electron chi connectivity index (χ4n) is 1.96. The molecule has 0 aliphatic carbocycles. The molecule has 5 nitrogen and oxygen atoms in total. The maximum absolute atomic E-state index is 12.4. The molecule has 0 radical (unpaired) electrons. The number of hydrogen-bond donors (Lipinski definition) is 1. The molecule has 0 aromatic heterocycles. The summed E-state index contributed by atoms with van der Waals surface area (Å²) in [5.74, 6) is 0.267. The number of nitrogens with one attached hydrogen (secondary N) is 1. The summed E-state index contributed by atoms with van der Waals surface area (Å²) in [5.41, 5.74) is 0.0584. The Balaban J connectivity index is 2.89. The van der Waals surface area contributed by atoms with Gasteiger partial charge in [-0.15, -0.1) is 0 Å². The van der Waals surface area contributed by atoms with Crippen molar-refractivity contribution in [3.8, 4) is 11.8 Å². The quantitative estimate of drug-likeness (QED) is 0.837. The van der Waals surface area contributed by atoms with Gasteiger partial charge in [-0.3, -0.25) is 4.79 Å². The van der Waals surface area contributed by atoms with Crippen LogP contribution in [0, 0.1) is 11.3 Å². The molecule has 0 fully saturated rings. The molecule has 0 heterocycles. The number of carbonyl (C=O) groups is 1. The highest BCUT2D eigenvalue weighted by Crippen LogP contribution is 2.24. The van der Waals surface area contributed by atoms with E-state index in [9.17, 15) is 4.79 Å². The monoisotopic (exact) mass is 290 g/mol. The molecule has 114 valence electrons. The van der Waals surface area contributed by atoms with Crippen LogP contribution >= 0.6 is 0 Å². The molecule has 21 heavy (non-hydrogen) atoms. The molecule has 1 rings (SSSR count). The van der Waals surface area contributed by atoms with E-state index in [0.29, 0.717) is 23.4 Å². The topological polar surface area (TPSA) is 71.3 Å². The number of methoxy groups -OCH3 is 2. The normalized spacial score (nSPS) is 13.1. The lowest BCUT2D eigenvalue weighted by Gasteiger charge is -2.26. The van der Waals surface area contributed by atoms with E-state index in [-0.39, 0.29) is 5.91 Å². The fourth-order valence-corrected chi connectivity index (χ4v) is 1.96. The van der Waals surface area contributed by atoms with Crippen molar-refractivity contribution >= 4 is 11.6 Å². The number of nitrogens with zero attached hydrogens (tertiary/aromatic N) is 1. The molecule has 0 saturated heterocycles. The molecule has 1 amide bonds. The predicted molar refractivity (Wildman–Crippen MR) is 81.3 cm³/mol. The minimum Gasteiger partial charge on any atom is -0.495 e. The van der Waals surface area contributed by atoms with Gasteiger partial charge in [0.15, 0.2) is 0 Å².